The monoisotopic (exact) mass is 198 g/mol. The van der Waals surface area contributed by atoms with E-state index in [0.717, 1.165) is 12.5 Å². The molecular formula is C11H12F2O. The lowest BCUT2D eigenvalue weighted by Crippen LogP contribution is -2.06. The van der Waals surface area contributed by atoms with Crippen molar-refractivity contribution in [2.24, 2.45) is 0 Å². The molecule has 0 saturated carbocycles. The fourth-order valence-corrected chi connectivity index (χ4v) is 1.64. The fourth-order valence-electron chi connectivity index (χ4n) is 1.64. The van der Waals surface area contributed by atoms with E-state index in [0.29, 0.717) is 18.3 Å². The molecule has 0 unspecified atom stereocenters. The lowest BCUT2D eigenvalue weighted by atomic mass is 10.0. The molecule has 1 nitrogen and oxygen atoms in total. The predicted octanol–water partition coefficient (Wildman–Crippen LogP) is 3.29. The van der Waals surface area contributed by atoms with Crippen LogP contribution in [-0.2, 0) is 5.92 Å². The van der Waals surface area contributed by atoms with Crippen LogP contribution in [0.4, 0.5) is 8.78 Å². The van der Waals surface area contributed by atoms with Gasteiger partial charge < -0.3 is 4.74 Å². The first-order chi connectivity index (χ1) is 6.48. The van der Waals surface area contributed by atoms with Gasteiger partial charge in [0.25, 0.3) is 5.92 Å². The summed E-state index contributed by atoms with van der Waals surface area (Å²) in [6.45, 7) is 3.51. The molecule has 0 bridgehead atoms. The van der Waals surface area contributed by atoms with Crippen molar-refractivity contribution in [3.05, 3.63) is 29.3 Å². The smallest absolute Gasteiger partial charge is 0.270 e. The fraction of sp³-hybridized carbons (Fsp3) is 0.455. The Bertz CT molecular complexity index is 355. The van der Waals surface area contributed by atoms with E-state index in [-0.39, 0.29) is 5.56 Å². The van der Waals surface area contributed by atoms with Crippen molar-refractivity contribution in [3.8, 4) is 5.75 Å². The van der Waals surface area contributed by atoms with Crippen molar-refractivity contribution >= 4 is 0 Å². The van der Waals surface area contributed by atoms with Gasteiger partial charge in [-0.25, -0.2) is 8.78 Å². The Hall–Kier alpha value is -1.12. The maximum Gasteiger partial charge on any atom is 0.270 e. The lowest BCUT2D eigenvalue weighted by Gasteiger charge is -2.11. The van der Waals surface area contributed by atoms with Crippen LogP contribution in [0.2, 0.25) is 0 Å². The number of benzene rings is 1. The van der Waals surface area contributed by atoms with Crippen LogP contribution in [0.25, 0.3) is 0 Å². The second-order valence-electron chi connectivity index (χ2n) is 3.85. The van der Waals surface area contributed by atoms with Gasteiger partial charge in [-0.1, -0.05) is 19.1 Å². The first-order valence-corrected chi connectivity index (χ1v) is 4.63. The molecule has 76 valence electrons. The third-order valence-corrected chi connectivity index (χ3v) is 2.54. The largest absolute Gasteiger partial charge is 0.493 e. The molecule has 0 spiro atoms. The van der Waals surface area contributed by atoms with Crippen molar-refractivity contribution in [2.45, 2.75) is 25.7 Å². The Balaban J connectivity index is 2.42. The van der Waals surface area contributed by atoms with Crippen molar-refractivity contribution in [1.82, 2.24) is 0 Å². The van der Waals surface area contributed by atoms with E-state index >= 15 is 0 Å². The highest BCUT2D eigenvalue weighted by molar-refractivity contribution is 5.43. The van der Waals surface area contributed by atoms with E-state index in [1.807, 2.05) is 6.92 Å². The highest BCUT2D eigenvalue weighted by Gasteiger charge is 2.28. The zero-order valence-corrected chi connectivity index (χ0v) is 8.18. The Morgan fingerprint density at radius 2 is 2.14 bits per heavy atom. The van der Waals surface area contributed by atoms with E-state index in [2.05, 4.69) is 0 Å². The van der Waals surface area contributed by atoms with Gasteiger partial charge in [0.15, 0.2) is 0 Å². The third kappa shape index (κ3) is 1.47. The summed E-state index contributed by atoms with van der Waals surface area (Å²) in [5, 5.41) is 0. The molecule has 0 radical (unpaired) electrons. The summed E-state index contributed by atoms with van der Waals surface area (Å²) < 4.78 is 31.2. The van der Waals surface area contributed by atoms with Crippen LogP contribution < -0.4 is 4.74 Å². The van der Waals surface area contributed by atoms with Crippen molar-refractivity contribution in [3.63, 3.8) is 0 Å². The molecule has 0 N–H and O–H groups in total. The van der Waals surface area contributed by atoms with Crippen LogP contribution >= 0.6 is 0 Å². The first-order valence-electron chi connectivity index (χ1n) is 4.63. The Morgan fingerprint density at radius 3 is 2.79 bits per heavy atom. The number of alkyl halides is 2. The Labute approximate surface area is 81.7 Å². The highest BCUT2D eigenvalue weighted by atomic mass is 19.3. The predicted molar refractivity (Wildman–Crippen MR) is 49.9 cm³/mol. The van der Waals surface area contributed by atoms with Gasteiger partial charge in [-0.2, -0.15) is 0 Å². The number of hydrogen-bond donors (Lipinski definition) is 0. The van der Waals surface area contributed by atoms with Crippen LogP contribution in [0, 0.1) is 0 Å². The molecule has 1 heterocycles. The van der Waals surface area contributed by atoms with Crippen molar-refractivity contribution in [2.75, 3.05) is 6.61 Å². The van der Waals surface area contributed by atoms with E-state index in [9.17, 15) is 8.78 Å². The summed E-state index contributed by atoms with van der Waals surface area (Å²) in [4.78, 5) is 0. The Kier molecular flexibility index (Phi) is 1.98. The zero-order valence-electron chi connectivity index (χ0n) is 8.18. The van der Waals surface area contributed by atoms with Gasteiger partial charge in [0.2, 0.25) is 0 Å². The van der Waals surface area contributed by atoms with Crippen molar-refractivity contribution < 1.29 is 13.5 Å². The summed E-state index contributed by atoms with van der Waals surface area (Å²) in [5.41, 5.74) is 1.04. The second kappa shape index (κ2) is 2.94. The summed E-state index contributed by atoms with van der Waals surface area (Å²) in [5.74, 6) is -1.87. The highest BCUT2D eigenvalue weighted by Crippen LogP contribution is 2.37. The van der Waals surface area contributed by atoms with Crippen LogP contribution in [0.5, 0.6) is 5.75 Å². The third-order valence-electron chi connectivity index (χ3n) is 2.54. The summed E-state index contributed by atoms with van der Waals surface area (Å²) in [6, 6.07) is 4.66. The molecule has 2 rings (SSSR count). The molecule has 14 heavy (non-hydrogen) atoms. The number of rotatable bonds is 1. The molecule has 1 aliphatic heterocycles. The van der Waals surface area contributed by atoms with Crippen LogP contribution in [-0.4, -0.2) is 6.61 Å². The number of fused-ring (bicyclic) bond motifs is 1. The molecule has 1 aromatic rings. The molecule has 1 atom stereocenters. The second-order valence-corrected chi connectivity index (χ2v) is 3.85. The molecule has 1 aliphatic rings. The average molecular weight is 198 g/mol. The van der Waals surface area contributed by atoms with E-state index < -0.39 is 5.92 Å². The van der Waals surface area contributed by atoms with Crippen LogP contribution in [0.1, 0.15) is 30.9 Å². The Morgan fingerprint density at radius 1 is 1.43 bits per heavy atom. The average Bonchev–Trinajstić information content (AvgIpc) is 2.46. The molecule has 0 aliphatic carbocycles. The van der Waals surface area contributed by atoms with Gasteiger partial charge in [-0.3, -0.25) is 0 Å². The van der Waals surface area contributed by atoms with Gasteiger partial charge in [0.05, 0.1) is 6.61 Å². The summed E-state index contributed by atoms with van der Waals surface area (Å²) in [7, 11) is 0. The maximum absolute atomic E-state index is 13.0. The first kappa shape index (κ1) is 9.44. The summed E-state index contributed by atoms with van der Waals surface area (Å²) >= 11 is 0. The minimum absolute atomic E-state index is 0.0188. The van der Waals surface area contributed by atoms with E-state index in [4.69, 9.17) is 4.74 Å². The normalized spacial score (nSPS) is 20.4. The molecule has 0 amide bonds. The minimum atomic E-state index is -2.79. The van der Waals surface area contributed by atoms with Gasteiger partial charge in [-0.15, -0.1) is 0 Å². The minimum Gasteiger partial charge on any atom is -0.493 e. The van der Waals surface area contributed by atoms with Gasteiger partial charge in [0, 0.05) is 24.0 Å². The van der Waals surface area contributed by atoms with Crippen LogP contribution in [0.15, 0.2) is 18.2 Å². The number of hydrogen-bond acceptors (Lipinski definition) is 1. The topological polar surface area (TPSA) is 9.23 Å². The van der Waals surface area contributed by atoms with E-state index in [1.54, 1.807) is 6.07 Å². The van der Waals surface area contributed by atoms with Gasteiger partial charge in [-0.05, 0) is 6.07 Å². The van der Waals surface area contributed by atoms with Crippen LogP contribution in [0.3, 0.4) is 0 Å². The lowest BCUT2D eigenvalue weighted by molar-refractivity contribution is 0.0173. The standard InChI is InChI=1S/C11H12F2O/c1-7-6-14-10-5-8(11(2,12)13)3-4-9(7)10/h3-5,7H,6H2,1-2H3/t7-/m1/s1. The zero-order chi connectivity index (χ0) is 10.3. The molecular weight excluding hydrogens is 186 g/mol. The van der Waals surface area contributed by atoms with Crippen molar-refractivity contribution in [1.29, 1.82) is 0 Å². The molecule has 0 fully saturated rings. The van der Waals surface area contributed by atoms with E-state index in [1.165, 1.54) is 12.1 Å². The summed E-state index contributed by atoms with van der Waals surface area (Å²) in [6.07, 6.45) is 0. The molecule has 0 saturated heterocycles. The number of halogens is 2. The maximum atomic E-state index is 13.0. The van der Waals surface area contributed by atoms with Gasteiger partial charge >= 0.3 is 0 Å². The number of ether oxygens (including phenoxy) is 1. The SMILES string of the molecule is C[C@@H]1COc2cc(C(C)(F)F)ccc21. The molecule has 3 heteroatoms. The van der Waals surface area contributed by atoms with Gasteiger partial charge in [0.1, 0.15) is 5.75 Å². The molecule has 0 aromatic heterocycles. The quantitative estimate of drug-likeness (QED) is 0.672. The molecule has 1 aromatic carbocycles.